The number of ketones is 1. The molecule has 1 N–H and O–H groups in total. The van der Waals surface area contributed by atoms with Gasteiger partial charge in [-0.2, -0.15) is 5.10 Å². The Morgan fingerprint density at radius 1 is 1.08 bits per heavy atom. The zero-order valence-electron chi connectivity index (χ0n) is 19.9. The quantitative estimate of drug-likeness (QED) is 0.286. The minimum Gasteiger partial charge on any atom is -0.507 e. The first-order chi connectivity index (χ1) is 17.5. The van der Waals surface area contributed by atoms with Gasteiger partial charge < -0.3 is 14.7 Å². The molecule has 0 bridgehead atoms. The Bertz CT molecular complexity index is 1310. The molecule has 2 saturated heterocycles. The second kappa shape index (κ2) is 10.4. The molecular formula is C27H27BrN4O4. The van der Waals surface area contributed by atoms with Gasteiger partial charge in [-0.25, -0.2) is 4.68 Å². The third-order valence-corrected chi connectivity index (χ3v) is 7.22. The molecule has 9 heteroatoms. The maximum Gasteiger partial charge on any atom is 0.295 e. The number of morpholine rings is 1. The van der Waals surface area contributed by atoms with Crippen LogP contribution < -0.4 is 0 Å². The predicted octanol–water partition coefficient (Wildman–Crippen LogP) is 3.70. The Hall–Kier alpha value is -3.27. The molecule has 2 aromatic carbocycles. The van der Waals surface area contributed by atoms with Crippen molar-refractivity contribution in [1.29, 1.82) is 0 Å². The molecule has 1 atom stereocenters. The molecule has 3 heterocycles. The lowest BCUT2D eigenvalue weighted by Gasteiger charge is -2.31. The number of Topliss-reactive ketones (excluding diaryl/α,β-unsaturated/α-hetero) is 1. The lowest BCUT2D eigenvalue weighted by Crippen LogP contribution is -2.42. The van der Waals surface area contributed by atoms with Crippen LogP contribution in [0.4, 0.5) is 0 Å². The van der Waals surface area contributed by atoms with E-state index in [1.165, 1.54) is 6.20 Å². The number of carbonyl (C=O) groups excluding carboxylic acids is 2. The third-order valence-electron chi connectivity index (χ3n) is 6.73. The molecule has 3 aromatic rings. The number of hydrogen-bond acceptors (Lipinski definition) is 6. The van der Waals surface area contributed by atoms with Crippen LogP contribution >= 0.6 is 15.9 Å². The molecule has 186 valence electrons. The number of carbonyl (C=O) groups is 2. The Kier molecular flexibility index (Phi) is 7.04. The molecule has 0 spiro atoms. The lowest BCUT2D eigenvalue weighted by atomic mass is 9.95. The highest BCUT2D eigenvalue weighted by atomic mass is 79.9. The van der Waals surface area contributed by atoms with Gasteiger partial charge in [0, 0.05) is 30.7 Å². The van der Waals surface area contributed by atoms with E-state index in [-0.39, 0.29) is 11.3 Å². The van der Waals surface area contributed by atoms with Crippen molar-refractivity contribution >= 4 is 33.4 Å². The van der Waals surface area contributed by atoms with Crippen LogP contribution in [0.1, 0.15) is 22.9 Å². The molecule has 2 aliphatic rings. The summed E-state index contributed by atoms with van der Waals surface area (Å²) in [6, 6.07) is 16.3. The number of para-hydroxylation sites is 1. The summed E-state index contributed by atoms with van der Waals surface area (Å²) in [6.07, 6.45) is 1.54. The second-order valence-electron chi connectivity index (χ2n) is 8.89. The summed E-state index contributed by atoms with van der Waals surface area (Å²) >= 11 is 3.50. The Morgan fingerprint density at radius 3 is 2.56 bits per heavy atom. The number of nitrogens with zero attached hydrogens (tertiary/aromatic N) is 4. The van der Waals surface area contributed by atoms with Crippen molar-refractivity contribution in [2.24, 2.45) is 0 Å². The maximum absolute atomic E-state index is 13.4. The molecule has 2 fully saturated rings. The Balaban J connectivity index is 1.56. The molecule has 5 rings (SSSR count). The van der Waals surface area contributed by atoms with Crippen molar-refractivity contribution in [3.8, 4) is 5.69 Å². The molecule has 2 aliphatic heterocycles. The number of likely N-dealkylation sites (tertiary alicyclic amines) is 1. The molecule has 0 aliphatic carbocycles. The highest BCUT2D eigenvalue weighted by molar-refractivity contribution is 9.10. The molecule has 1 amide bonds. The third kappa shape index (κ3) is 4.61. The molecule has 8 nitrogen and oxygen atoms in total. The highest BCUT2D eigenvalue weighted by Gasteiger charge is 2.46. The van der Waals surface area contributed by atoms with E-state index in [0.717, 1.165) is 28.8 Å². The van der Waals surface area contributed by atoms with E-state index < -0.39 is 17.7 Å². The largest absolute Gasteiger partial charge is 0.507 e. The van der Waals surface area contributed by atoms with Gasteiger partial charge in [-0.15, -0.1) is 0 Å². The van der Waals surface area contributed by atoms with E-state index in [0.29, 0.717) is 37.6 Å². The fraction of sp³-hybridized carbons (Fsp3) is 0.296. The van der Waals surface area contributed by atoms with Crippen molar-refractivity contribution in [3.63, 3.8) is 0 Å². The molecule has 1 unspecified atom stereocenters. The van der Waals surface area contributed by atoms with E-state index in [2.05, 4.69) is 25.9 Å². The van der Waals surface area contributed by atoms with Gasteiger partial charge in [0.1, 0.15) is 5.76 Å². The Labute approximate surface area is 217 Å². The molecule has 1 aromatic heterocycles. The number of ether oxygens (including phenoxy) is 1. The van der Waals surface area contributed by atoms with E-state index in [1.54, 1.807) is 9.58 Å². The summed E-state index contributed by atoms with van der Waals surface area (Å²) in [5.74, 6) is -1.51. The maximum atomic E-state index is 13.4. The summed E-state index contributed by atoms with van der Waals surface area (Å²) in [6.45, 7) is 5.67. The first-order valence-corrected chi connectivity index (χ1v) is 12.7. The summed E-state index contributed by atoms with van der Waals surface area (Å²) < 4.78 is 7.96. The van der Waals surface area contributed by atoms with Gasteiger partial charge in [-0.1, -0.05) is 46.3 Å². The smallest absolute Gasteiger partial charge is 0.295 e. The van der Waals surface area contributed by atoms with Gasteiger partial charge in [0.2, 0.25) is 0 Å². The van der Waals surface area contributed by atoms with Crippen LogP contribution in [0.5, 0.6) is 0 Å². The molecular weight excluding hydrogens is 524 g/mol. The highest BCUT2D eigenvalue weighted by Crippen LogP contribution is 2.40. The van der Waals surface area contributed by atoms with Crippen LogP contribution in [0, 0.1) is 6.92 Å². The van der Waals surface area contributed by atoms with Gasteiger partial charge in [0.05, 0.1) is 48.0 Å². The molecule has 36 heavy (non-hydrogen) atoms. The number of hydrogen-bond donors (Lipinski definition) is 1. The normalized spacial score (nSPS) is 20.3. The zero-order valence-corrected chi connectivity index (χ0v) is 21.5. The number of aromatic nitrogens is 2. The van der Waals surface area contributed by atoms with Gasteiger partial charge >= 0.3 is 0 Å². The molecule has 0 saturated carbocycles. The monoisotopic (exact) mass is 550 g/mol. The van der Waals surface area contributed by atoms with E-state index in [1.807, 2.05) is 61.5 Å². The summed E-state index contributed by atoms with van der Waals surface area (Å²) in [4.78, 5) is 30.4. The fourth-order valence-corrected chi connectivity index (χ4v) is 5.24. The first kappa shape index (κ1) is 24.4. The van der Waals surface area contributed by atoms with Crippen LogP contribution in [0.2, 0.25) is 0 Å². The van der Waals surface area contributed by atoms with Crippen molar-refractivity contribution in [1.82, 2.24) is 19.6 Å². The zero-order chi connectivity index (χ0) is 25.2. The van der Waals surface area contributed by atoms with Crippen molar-refractivity contribution in [2.45, 2.75) is 13.0 Å². The van der Waals surface area contributed by atoms with Crippen molar-refractivity contribution < 1.29 is 19.4 Å². The summed E-state index contributed by atoms with van der Waals surface area (Å²) in [5.41, 5.74) is 2.76. The Morgan fingerprint density at radius 2 is 1.83 bits per heavy atom. The average Bonchev–Trinajstić information content (AvgIpc) is 3.40. The number of halogens is 1. The van der Waals surface area contributed by atoms with E-state index >= 15 is 0 Å². The minimum atomic E-state index is -0.706. The number of aliphatic hydroxyl groups is 1. The van der Waals surface area contributed by atoms with Crippen LogP contribution in [0.3, 0.4) is 0 Å². The van der Waals surface area contributed by atoms with Crippen LogP contribution in [-0.4, -0.2) is 75.8 Å². The number of benzene rings is 2. The fourth-order valence-electron chi connectivity index (χ4n) is 4.82. The van der Waals surface area contributed by atoms with Crippen LogP contribution in [0.15, 0.2) is 70.8 Å². The summed E-state index contributed by atoms with van der Waals surface area (Å²) in [7, 11) is 0. The van der Waals surface area contributed by atoms with Crippen LogP contribution in [-0.2, 0) is 14.3 Å². The van der Waals surface area contributed by atoms with Crippen molar-refractivity contribution in [2.75, 3.05) is 39.4 Å². The predicted molar refractivity (Wildman–Crippen MR) is 139 cm³/mol. The van der Waals surface area contributed by atoms with Gasteiger partial charge in [0.25, 0.3) is 11.7 Å². The average molecular weight is 551 g/mol. The standard InChI is InChI=1S/C27H27BrN4O4/c1-18-22(17-29-32(18)21-8-3-2-4-9-21)25(33)23-24(19-6-5-7-20(28)16-19)31(27(35)26(23)34)11-10-30-12-14-36-15-13-30/h2-9,16-17,24,33H,10-15H2,1H3/b25-23-. The number of aliphatic hydroxyl groups excluding tert-OH is 1. The second-order valence-corrected chi connectivity index (χ2v) is 9.81. The van der Waals surface area contributed by atoms with Gasteiger partial charge in [0.15, 0.2) is 0 Å². The topological polar surface area (TPSA) is 87.9 Å². The minimum absolute atomic E-state index is 0.0794. The van der Waals surface area contributed by atoms with Gasteiger partial charge in [-0.3, -0.25) is 14.5 Å². The van der Waals surface area contributed by atoms with E-state index in [9.17, 15) is 14.7 Å². The van der Waals surface area contributed by atoms with Crippen LogP contribution in [0.25, 0.3) is 11.4 Å². The number of amides is 1. The van der Waals surface area contributed by atoms with E-state index in [4.69, 9.17) is 4.74 Å². The first-order valence-electron chi connectivity index (χ1n) is 11.9. The SMILES string of the molecule is Cc1c(/C(O)=C2/C(=O)C(=O)N(CCN3CCOCC3)C2c2cccc(Br)c2)cnn1-c1ccccc1. The summed E-state index contributed by atoms with van der Waals surface area (Å²) in [5, 5.41) is 15.9. The van der Waals surface area contributed by atoms with Crippen molar-refractivity contribution in [3.05, 3.63) is 87.7 Å². The lowest BCUT2D eigenvalue weighted by molar-refractivity contribution is -0.140. The number of rotatable bonds is 6. The van der Waals surface area contributed by atoms with Gasteiger partial charge in [-0.05, 0) is 36.8 Å². The molecule has 0 radical (unpaired) electrons.